The van der Waals surface area contributed by atoms with Gasteiger partial charge in [0, 0.05) is 25.9 Å². The van der Waals surface area contributed by atoms with E-state index < -0.39 is 0 Å². The van der Waals surface area contributed by atoms with Gasteiger partial charge < -0.3 is 15.4 Å². The van der Waals surface area contributed by atoms with Gasteiger partial charge in [-0.3, -0.25) is 0 Å². The van der Waals surface area contributed by atoms with E-state index in [0.29, 0.717) is 6.54 Å². The van der Waals surface area contributed by atoms with Gasteiger partial charge in [-0.2, -0.15) is 0 Å². The maximum Gasteiger partial charge on any atom is 0.0784 e. The van der Waals surface area contributed by atoms with Crippen LogP contribution in [0.2, 0.25) is 0 Å². The van der Waals surface area contributed by atoms with Crippen LogP contribution in [0.5, 0.6) is 0 Å². The third kappa shape index (κ3) is 2.85. The zero-order chi connectivity index (χ0) is 13.8. The summed E-state index contributed by atoms with van der Waals surface area (Å²) in [4.78, 5) is 2.32. The predicted octanol–water partition coefficient (Wildman–Crippen LogP) is 2.57. The van der Waals surface area contributed by atoms with E-state index in [2.05, 4.69) is 56.9 Å². The van der Waals surface area contributed by atoms with E-state index in [0.717, 1.165) is 6.54 Å². The number of hydrogen-bond acceptors (Lipinski definition) is 3. The fourth-order valence-electron chi connectivity index (χ4n) is 2.31. The molecule has 0 spiro atoms. The van der Waals surface area contributed by atoms with E-state index in [1.54, 1.807) is 7.11 Å². The van der Waals surface area contributed by atoms with Crippen molar-refractivity contribution in [2.45, 2.75) is 39.3 Å². The third-order valence-electron chi connectivity index (χ3n) is 3.92. The molecule has 18 heavy (non-hydrogen) atoms. The molecule has 0 heterocycles. The molecule has 2 unspecified atom stereocenters. The Morgan fingerprint density at radius 1 is 1.33 bits per heavy atom. The number of rotatable bonds is 6. The molecule has 0 aliphatic rings. The molecule has 0 saturated carbocycles. The number of hydrogen-bond donors (Lipinski definition) is 1. The Morgan fingerprint density at radius 3 is 2.28 bits per heavy atom. The number of aryl methyl sites for hydroxylation is 1. The third-order valence-corrected chi connectivity index (χ3v) is 3.92. The van der Waals surface area contributed by atoms with Gasteiger partial charge in [0.25, 0.3) is 0 Å². The first-order valence-corrected chi connectivity index (χ1v) is 6.56. The highest BCUT2D eigenvalue weighted by atomic mass is 16.5. The van der Waals surface area contributed by atoms with Crippen LogP contribution in [0.4, 0.5) is 5.69 Å². The van der Waals surface area contributed by atoms with Crippen LogP contribution in [0.25, 0.3) is 0 Å². The molecule has 0 bridgehead atoms. The lowest BCUT2D eigenvalue weighted by Gasteiger charge is -2.45. The van der Waals surface area contributed by atoms with E-state index in [9.17, 15) is 0 Å². The number of likely N-dealkylation sites (N-methyl/N-ethyl adjacent to an activating group) is 1. The number of anilines is 1. The van der Waals surface area contributed by atoms with Crippen molar-refractivity contribution in [1.29, 1.82) is 0 Å². The minimum absolute atomic E-state index is 0.0729. The summed E-state index contributed by atoms with van der Waals surface area (Å²) in [6.07, 6.45) is 0.0729. The quantitative estimate of drug-likeness (QED) is 0.843. The minimum atomic E-state index is -0.196. The normalized spacial score (nSPS) is 16.1. The molecule has 2 N–H and O–H groups in total. The SMILES string of the molecule is CCN(c1ccc(C)cc1)C(C)(CN)C(C)OC. The highest BCUT2D eigenvalue weighted by Gasteiger charge is 2.35. The monoisotopic (exact) mass is 250 g/mol. The van der Waals surface area contributed by atoms with Crippen LogP contribution >= 0.6 is 0 Å². The van der Waals surface area contributed by atoms with Crippen molar-refractivity contribution >= 4 is 5.69 Å². The molecule has 0 aromatic heterocycles. The summed E-state index contributed by atoms with van der Waals surface area (Å²) in [6.45, 7) is 9.94. The molecule has 0 radical (unpaired) electrons. The number of methoxy groups -OCH3 is 1. The van der Waals surface area contributed by atoms with Crippen LogP contribution in [0, 0.1) is 6.92 Å². The van der Waals surface area contributed by atoms with Crippen molar-refractivity contribution in [3.05, 3.63) is 29.8 Å². The number of ether oxygens (including phenoxy) is 1. The summed E-state index contributed by atoms with van der Waals surface area (Å²) in [5.41, 5.74) is 8.27. The largest absolute Gasteiger partial charge is 0.379 e. The Bertz CT molecular complexity index is 363. The fourth-order valence-corrected chi connectivity index (χ4v) is 2.31. The molecule has 2 atom stereocenters. The van der Waals surface area contributed by atoms with E-state index >= 15 is 0 Å². The Balaban J connectivity index is 3.10. The second kappa shape index (κ2) is 6.21. The van der Waals surface area contributed by atoms with Gasteiger partial charge in [0.1, 0.15) is 0 Å². The Hall–Kier alpha value is -1.06. The van der Waals surface area contributed by atoms with Gasteiger partial charge in [-0.05, 0) is 39.8 Å². The van der Waals surface area contributed by atoms with Gasteiger partial charge in [-0.15, -0.1) is 0 Å². The van der Waals surface area contributed by atoms with Gasteiger partial charge >= 0.3 is 0 Å². The number of nitrogens with zero attached hydrogens (tertiary/aromatic N) is 1. The lowest BCUT2D eigenvalue weighted by atomic mass is 9.92. The van der Waals surface area contributed by atoms with Crippen molar-refractivity contribution in [2.75, 3.05) is 25.1 Å². The average Bonchev–Trinajstić information content (AvgIpc) is 2.40. The first kappa shape index (κ1) is 15.0. The molecule has 0 aliphatic heterocycles. The molecule has 0 fully saturated rings. The summed E-state index contributed by atoms with van der Waals surface area (Å²) in [5, 5.41) is 0. The lowest BCUT2D eigenvalue weighted by Crippen LogP contribution is -2.59. The highest BCUT2D eigenvalue weighted by Crippen LogP contribution is 2.27. The minimum Gasteiger partial charge on any atom is -0.379 e. The summed E-state index contributed by atoms with van der Waals surface area (Å²) in [6, 6.07) is 8.56. The van der Waals surface area contributed by atoms with E-state index in [4.69, 9.17) is 10.5 Å². The summed E-state index contributed by atoms with van der Waals surface area (Å²) < 4.78 is 5.51. The standard InChI is InChI=1S/C15H26N2O/c1-6-17(14-9-7-12(2)8-10-14)15(4,11-16)13(3)18-5/h7-10,13H,6,11,16H2,1-5H3. The number of nitrogens with two attached hydrogens (primary N) is 1. The van der Waals surface area contributed by atoms with Gasteiger partial charge in [0.15, 0.2) is 0 Å². The van der Waals surface area contributed by atoms with Crippen molar-refractivity contribution in [3.63, 3.8) is 0 Å². The molecule has 3 nitrogen and oxygen atoms in total. The van der Waals surface area contributed by atoms with E-state index in [-0.39, 0.29) is 11.6 Å². The molecule has 1 aromatic rings. The molecular weight excluding hydrogens is 224 g/mol. The van der Waals surface area contributed by atoms with Gasteiger partial charge in [0.2, 0.25) is 0 Å². The molecule has 1 aromatic carbocycles. The number of benzene rings is 1. The molecule has 1 rings (SSSR count). The van der Waals surface area contributed by atoms with Gasteiger partial charge in [-0.1, -0.05) is 17.7 Å². The summed E-state index contributed by atoms with van der Waals surface area (Å²) in [5.74, 6) is 0. The van der Waals surface area contributed by atoms with Crippen molar-refractivity contribution in [2.24, 2.45) is 5.73 Å². The highest BCUT2D eigenvalue weighted by molar-refractivity contribution is 5.50. The maximum atomic E-state index is 6.01. The average molecular weight is 250 g/mol. The second-order valence-corrected chi connectivity index (χ2v) is 5.02. The zero-order valence-corrected chi connectivity index (χ0v) is 12.2. The predicted molar refractivity (Wildman–Crippen MR) is 78.1 cm³/mol. The van der Waals surface area contributed by atoms with Crippen molar-refractivity contribution in [3.8, 4) is 0 Å². The zero-order valence-electron chi connectivity index (χ0n) is 12.2. The second-order valence-electron chi connectivity index (χ2n) is 5.02. The van der Waals surface area contributed by atoms with Crippen molar-refractivity contribution in [1.82, 2.24) is 0 Å². The van der Waals surface area contributed by atoms with Crippen LogP contribution in [0.15, 0.2) is 24.3 Å². The molecule has 0 aliphatic carbocycles. The topological polar surface area (TPSA) is 38.5 Å². The lowest BCUT2D eigenvalue weighted by molar-refractivity contribution is 0.0561. The van der Waals surface area contributed by atoms with Crippen LogP contribution in [0.3, 0.4) is 0 Å². The van der Waals surface area contributed by atoms with Crippen LogP contribution in [-0.4, -0.2) is 31.8 Å². The molecule has 102 valence electrons. The van der Waals surface area contributed by atoms with Crippen LogP contribution in [0.1, 0.15) is 26.3 Å². The van der Waals surface area contributed by atoms with Crippen molar-refractivity contribution < 1.29 is 4.74 Å². The molecule has 0 amide bonds. The molecule has 3 heteroatoms. The van der Waals surface area contributed by atoms with E-state index in [1.807, 2.05) is 0 Å². The Labute approximate surface area is 111 Å². The van der Waals surface area contributed by atoms with Gasteiger partial charge in [0.05, 0.1) is 11.6 Å². The maximum absolute atomic E-state index is 6.01. The Kier molecular flexibility index (Phi) is 5.17. The van der Waals surface area contributed by atoms with Crippen LogP contribution in [-0.2, 0) is 4.74 Å². The first-order chi connectivity index (χ1) is 8.49. The van der Waals surface area contributed by atoms with Gasteiger partial charge in [-0.25, -0.2) is 0 Å². The molecule has 0 saturated heterocycles. The summed E-state index contributed by atoms with van der Waals surface area (Å²) >= 11 is 0. The summed E-state index contributed by atoms with van der Waals surface area (Å²) in [7, 11) is 1.74. The first-order valence-electron chi connectivity index (χ1n) is 6.56. The smallest absolute Gasteiger partial charge is 0.0784 e. The fraction of sp³-hybridized carbons (Fsp3) is 0.600. The van der Waals surface area contributed by atoms with Crippen LogP contribution < -0.4 is 10.6 Å². The Morgan fingerprint density at radius 2 is 1.89 bits per heavy atom. The molecular formula is C15H26N2O. The van der Waals surface area contributed by atoms with E-state index in [1.165, 1.54) is 11.3 Å².